The van der Waals surface area contributed by atoms with E-state index in [0.717, 1.165) is 0 Å². The van der Waals surface area contributed by atoms with E-state index in [1.807, 2.05) is 13.8 Å². The SMILES string of the molecule is CC(C)COc1ccc(C(=O)NNC(=O)COc2c(Cl)cc(Cl)cc2Br)cc1. The topological polar surface area (TPSA) is 76.7 Å². The Morgan fingerprint density at radius 1 is 1.07 bits per heavy atom. The van der Waals surface area contributed by atoms with Crippen LogP contribution in [0.5, 0.6) is 11.5 Å². The number of carbonyl (C=O) groups is 2. The molecular weight excluding hydrogens is 471 g/mol. The third-order valence-corrected chi connectivity index (χ3v) is 4.41. The molecule has 9 heteroatoms. The van der Waals surface area contributed by atoms with Gasteiger partial charge in [-0.3, -0.25) is 20.4 Å². The molecule has 0 saturated carbocycles. The Balaban J connectivity index is 1.81. The molecule has 0 heterocycles. The third-order valence-electron chi connectivity index (χ3n) is 3.33. The highest BCUT2D eigenvalue weighted by Crippen LogP contribution is 2.35. The maximum absolute atomic E-state index is 12.1. The van der Waals surface area contributed by atoms with Gasteiger partial charge in [0.15, 0.2) is 12.4 Å². The molecule has 2 N–H and O–H groups in total. The normalized spacial score (nSPS) is 10.5. The summed E-state index contributed by atoms with van der Waals surface area (Å²) in [5.74, 6) is 0.346. The highest BCUT2D eigenvalue weighted by molar-refractivity contribution is 9.10. The van der Waals surface area contributed by atoms with E-state index in [-0.39, 0.29) is 17.4 Å². The summed E-state index contributed by atoms with van der Waals surface area (Å²) in [6, 6.07) is 9.70. The molecule has 0 radical (unpaired) electrons. The van der Waals surface area contributed by atoms with E-state index in [0.29, 0.717) is 33.3 Å². The molecule has 0 aliphatic heterocycles. The Morgan fingerprint density at radius 3 is 2.36 bits per heavy atom. The number of carbonyl (C=O) groups excluding carboxylic acids is 2. The number of halogens is 3. The number of hydrogen-bond donors (Lipinski definition) is 2. The first-order valence-corrected chi connectivity index (χ1v) is 9.90. The summed E-state index contributed by atoms with van der Waals surface area (Å²) in [4.78, 5) is 24.0. The molecule has 0 spiro atoms. The lowest BCUT2D eigenvalue weighted by molar-refractivity contribution is -0.123. The molecule has 0 aliphatic carbocycles. The summed E-state index contributed by atoms with van der Waals surface area (Å²) >= 11 is 15.2. The second-order valence-electron chi connectivity index (χ2n) is 6.22. The monoisotopic (exact) mass is 488 g/mol. The zero-order valence-electron chi connectivity index (χ0n) is 15.2. The number of benzene rings is 2. The minimum atomic E-state index is -0.553. The lowest BCUT2D eigenvalue weighted by Gasteiger charge is -2.12. The van der Waals surface area contributed by atoms with Crippen molar-refractivity contribution in [3.8, 4) is 11.5 Å². The van der Waals surface area contributed by atoms with Gasteiger partial charge in [0, 0.05) is 10.6 Å². The van der Waals surface area contributed by atoms with Crippen molar-refractivity contribution in [3.63, 3.8) is 0 Å². The molecule has 6 nitrogen and oxygen atoms in total. The molecule has 0 aliphatic rings. The predicted octanol–water partition coefficient (Wildman–Crippen LogP) is 4.63. The lowest BCUT2D eigenvalue weighted by Crippen LogP contribution is -2.43. The fourth-order valence-corrected chi connectivity index (χ4v) is 3.37. The van der Waals surface area contributed by atoms with Gasteiger partial charge in [-0.1, -0.05) is 37.0 Å². The van der Waals surface area contributed by atoms with Crippen LogP contribution in [0.2, 0.25) is 10.0 Å². The van der Waals surface area contributed by atoms with Gasteiger partial charge in [-0.15, -0.1) is 0 Å². The van der Waals surface area contributed by atoms with Crippen molar-refractivity contribution in [2.24, 2.45) is 5.92 Å². The average molecular weight is 490 g/mol. The Labute approximate surface area is 181 Å². The first-order chi connectivity index (χ1) is 13.3. The first kappa shape index (κ1) is 22.3. The van der Waals surface area contributed by atoms with Gasteiger partial charge in [-0.05, 0) is 58.2 Å². The molecule has 0 atom stereocenters. The summed E-state index contributed by atoms with van der Waals surface area (Å²) in [7, 11) is 0. The first-order valence-electron chi connectivity index (χ1n) is 8.35. The molecular formula is C19H19BrCl2N2O4. The van der Waals surface area contributed by atoms with Crippen LogP contribution in [0.3, 0.4) is 0 Å². The van der Waals surface area contributed by atoms with E-state index >= 15 is 0 Å². The number of ether oxygens (including phenoxy) is 2. The Bertz CT molecular complexity index is 821. The molecule has 2 aromatic rings. The van der Waals surface area contributed by atoms with Crippen LogP contribution in [-0.2, 0) is 4.79 Å². The van der Waals surface area contributed by atoms with Crippen LogP contribution in [0, 0.1) is 5.92 Å². The van der Waals surface area contributed by atoms with Crippen molar-refractivity contribution in [2.75, 3.05) is 13.2 Å². The van der Waals surface area contributed by atoms with Gasteiger partial charge in [0.05, 0.1) is 16.1 Å². The van der Waals surface area contributed by atoms with Crippen LogP contribution in [-0.4, -0.2) is 25.0 Å². The molecule has 28 heavy (non-hydrogen) atoms. The van der Waals surface area contributed by atoms with Gasteiger partial charge >= 0.3 is 0 Å². The minimum Gasteiger partial charge on any atom is -0.493 e. The van der Waals surface area contributed by atoms with Crippen LogP contribution >= 0.6 is 39.1 Å². The second-order valence-corrected chi connectivity index (χ2v) is 7.92. The maximum Gasteiger partial charge on any atom is 0.276 e. The third kappa shape index (κ3) is 6.89. The van der Waals surface area contributed by atoms with E-state index in [1.165, 1.54) is 6.07 Å². The van der Waals surface area contributed by atoms with E-state index < -0.39 is 11.8 Å². The number of nitrogens with one attached hydrogen (secondary N) is 2. The van der Waals surface area contributed by atoms with Gasteiger partial charge in [0.25, 0.3) is 11.8 Å². The summed E-state index contributed by atoms with van der Waals surface area (Å²) < 4.78 is 11.4. The summed E-state index contributed by atoms with van der Waals surface area (Å²) in [6.45, 7) is 4.35. The molecule has 2 amide bonds. The molecule has 150 valence electrons. The van der Waals surface area contributed by atoms with Crippen molar-refractivity contribution in [1.29, 1.82) is 0 Å². The van der Waals surface area contributed by atoms with Crippen molar-refractivity contribution < 1.29 is 19.1 Å². The van der Waals surface area contributed by atoms with Crippen molar-refractivity contribution in [1.82, 2.24) is 10.9 Å². The minimum absolute atomic E-state index is 0.260. The fraction of sp³-hybridized carbons (Fsp3) is 0.263. The number of hydrogen-bond acceptors (Lipinski definition) is 4. The summed E-state index contributed by atoms with van der Waals surface area (Å²) in [6.07, 6.45) is 0. The van der Waals surface area contributed by atoms with E-state index in [1.54, 1.807) is 30.3 Å². The van der Waals surface area contributed by atoms with Crippen LogP contribution in [0.4, 0.5) is 0 Å². The zero-order valence-corrected chi connectivity index (χ0v) is 18.3. The van der Waals surface area contributed by atoms with Crippen molar-refractivity contribution in [2.45, 2.75) is 13.8 Å². The average Bonchev–Trinajstić information content (AvgIpc) is 2.64. The van der Waals surface area contributed by atoms with E-state index in [2.05, 4.69) is 26.8 Å². The molecule has 0 fully saturated rings. The van der Waals surface area contributed by atoms with Crippen LogP contribution in [0.25, 0.3) is 0 Å². The summed E-state index contributed by atoms with van der Waals surface area (Å²) in [5, 5.41) is 0.692. The number of amides is 2. The standard InChI is InChI=1S/C19H19BrCl2N2O4/c1-11(2)9-27-14-5-3-12(4-6-14)19(26)24-23-17(25)10-28-18-15(20)7-13(21)8-16(18)22/h3-8,11H,9-10H2,1-2H3,(H,23,25)(H,24,26). The zero-order chi connectivity index (χ0) is 20.7. The molecule has 0 saturated heterocycles. The molecule has 2 rings (SSSR count). The fourth-order valence-electron chi connectivity index (χ4n) is 2.00. The van der Waals surface area contributed by atoms with Gasteiger partial charge < -0.3 is 9.47 Å². The van der Waals surface area contributed by atoms with Gasteiger partial charge in [0.2, 0.25) is 0 Å². The van der Waals surface area contributed by atoms with Crippen LogP contribution in [0.1, 0.15) is 24.2 Å². The van der Waals surface area contributed by atoms with E-state index in [9.17, 15) is 9.59 Å². The molecule has 2 aromatic carbocycles. The Kier molecular flexibility index (Phi) is 8.41. The Morgan fingerprint density at radius 2 is 1.75 bits per heavy atom. The molecule has 0 bridgehead atoms. The second kappa shape index (κ2) is 10.5. The van der Waals surface area contributed by atoms with Crippen molar-refractivity contribution in [3.05, 3.63) is 56.5 Å². The smallest absolute Gasteiger partial charge is 0.276 e. The molecule has 0 aromatic heterocycles. The van der Waals surface area contributed by atoms with Gasteiger partial charge in [-0.2, -0.15) is 0 Å². The van der Waals surface area contributed by atoms with Gasteiger partial charge in [0.1, 0.15) is 5.75 Å². The Hall–Kier alpha value is -1.96. The quantitative estimate of drug-likeness (QED) is 0.556. The van der Waals surface area contributed by atoms with E-state index in [4.69, 9.17) is 32.7 Å². The van der Waals surface area contributed by atoms with Crippen molar-refractivity contribution >= 4 is 50.9 Å². The van der Waals surface area contributed by atoms with Crippen LogP contribution in [0.15, 0.2) is 40.9 Å². The lowest BCUT2D eigenvalue weighted by atomic mass is 10.2. The highest BCUT2D eigenvalue weighted by atomic mass is 79.9. The summed E-state index contributed by atoms with van der Waals surface area (Å²) in [5.41, 5.74) is 4.97. The predicted molar refractivity (Wildman–Crippen MR) is 112 cm³/mol. The molecule has 0 unspecified atom stereocenters. The van der Waals surface area contributed by atoms with Crippen LogP contribution < -0.4 is 20.3 Å². The highest BCUT2D eigenvalue weighted by Gasteiger charge is 2.12. The number of hydrazine groups is 1. The van der Waals surface area contributed by atoms with Gasteiger partial charge in [-0.25, -0.2) is 0 Å². The number of rotatable bonds is 7. The maximum atomic E-state index is 12.1. The largest absolute Gasteiger partial charge is 0.493 e.